The molecular formula is C24H38N4O11S2. The van der Waals surface area contributed by atoms with E-state index < -0.39 is 85.5 Å². The molecule has 232 valence electrons. The number of carbonyl (C=O) groups excluding carboxylic acids is 5. The van der Waals surface area contributed by atoms with E-state index in [9.17, 15) is 44.1 Å². The summed E-state index contributed by atoms with van der Waals surface area (Å²) in [5, 5.41) is 46.5. The second-order valence-electron chi connectivity index (χ2n) is 9.70. The van der Waals surface area contributed by atoms with E-state index in [1.165, 1.54) is 10.8 Å². The van der Waals surface area contributed by atoms with Crippen LogP contribution in [-0.2, 0) is 33.5 Å². The van der Waals surface area contributed by atoms with Gasteiger partial charge < -0.3 is 46.0 Å². The Morgan fingerprint density at radius 3 is 2.34 bits per heavy atom. The van der Waals surface area contributed by atoms with Gasteiger partial charge in [0.2, 0.25) is 11.8 Å². The molecule has 0 aromatic carbocycles. The molecule has 0 aliphatic carbocycles. The maximum absolute atomic E-state index is 12.5. The molecule has 2 aliphatic heterocycles. The molecule has 15 nitrogen and oxygen atoms in total. The number of rotatable bonds is 17. The zero-order valence-electron chi connectivity index (χ0n) is 23.7. The fourth-order valence-electron chi connectivity index (χ4n) is 4.00. The van der Waals surface area contributed by atoms with Crippen LogP contribution in [0.4, 0.5) is 0 Å². The van der Waals surface area contributed by atoms with Crippen LogP contribution in [0.15, 0.2) is 0 Å². The molecule has 0 aromatic heterocycles. The second-order valence-corrected chi connectivity index (χ2v) is 12.6. The number of nitrogens with zero attached hydrogens (tertiary/aromatic N) is 1. The van der Waals surface area contributed by atoms with Crippen molar-refractivity contribution in [1.29, 1.82) is 0 Å². The number of fused-ring (bicyclic) bond motifs is 1. The Kier molecular flexibility index (Phi) is 13.4. The Morgan fingerprint density at radius 2 is 1.68 bits per heavy atom. The molecule has 2 fully saturated rings. The van der Waals surface area contributed by atoms with Gasteiger partial charge in [-0.15, -0.1) is 0 Å². The summed E-state index contributed by atoms with van der Waals surface area (Å²) in [5.41, 5.74) is 0. The van der Waals surface area contributed by atoms with Gasteiger partial charge in [0.15, 0.2) is 0 Å². The maximum Gasteiger partial charge on any atom is 0.314 e. The molecule has 7 N–H and O–H groups in total. The molecule has 0 radical (unpaired) electrons. The highest BCUT2D eigenvalue weighted by Crippen LogP contribution is 2.31. The van der Waals surface area contributed by atoms with Gasteiger partial charge in [-0.2, -0.15) is 0 Å². The molecule has 3 unspecified atom stereocenters. The van der Waals surface area contributed by atoms with Crippen LogP contribution in [-0.4, -0.2) is 122 Å². The van der Waals surface area contributed by atoms with E-state index in [0.717, 1.165) is 4.90 Å². The molecule has 8 atom stereocenters. The van der Waals surface area contributed by atoms with Crippen molar-refractivity contribution >= 4 is 57.2 Å². The minimum atomic E-state index is -1.65. The van der Waals surface area contributed by atoms with Gasteiger partial charge in [-0.1, -0.05) is 35.4 Å². The van der Waals surface area contributed by atoms with Crippen LogP contribution in [0.1, 0.15) is 47.3 Å². The topological polar surface area (TPSA) is 232 Å². The summed E-state index contributed by atoms with van der Waals surface area (Å²) in [7, 11) is 3.07. The Balaban J connectivity index is 1.60. The number of carbonyl (C=O) groups is 6. The number of carboxylic acids is 1. The Labute approximate surface area is 246 Å². The van der Waals surface area contributed by atoms with E-state index >= 15 is 0 Å². The Morgan fingerprint density at radius 1 is 1.02 bits per heavy atom. The molecule has 0 bridgehead atoms. The van der Waals surface area contributed by atoms with Crippen LogP contribution in [0.5, 0.6) is 0 Å². The van der Waals surface area contributed by atoms with Crippen molar-refractivity contribution < 1.29 is 55.3 Å². The predicted octanol–water partition coefficient (Wildman–Crippen LogP) is -2.05. The fourth-order valence-corrected chi connectivity index (χ4v) is 6.56. The zero-order valence-corrected chi connectivity index (χ0v) is 24.3. The molecule has 41 heavy (non-hydrogen) atoms. The van der Waals surface area contributed by atoms with Crippen molar-refractivity contribution in [2.45, 2.75) is 81.7 Å². The molecule has 0 spiro atoms. The molecule has 2 saturated heterocycles. The highest BCUT2D eigenvalue weighted by molar-refractivity contribution is 8.76. The summed E-state index contributed by atoms with van der Waals surface area (Å²) in [5.74, 6) is -4.67. The summed E-state index contributed by atoms with van der Waals surface area (Å²) in [6.45, 7) is 3.38. The smallest absolute Gasteiger partial charge is 0.314 e. The van der Waals surface area contributed by atoms with Gasteiger partial charge >= 0.3 is 23.8 Å². The summed E-state index contributed by atoms with van der Waals surface area (Å²) >= 11 is 0. The first-order valence-electron chi connectivity index (χ1n) is 13.6. The van der Waals surface area contributed by atoms with Crippen molar-refractivity contribution in [3.05, 3.63) is 0 Å². The fraction of sp³-hybridized carbons (Fsp3) is 0.750. The number of aliphatic hydroxyl groups excluding tert-OH is 3. The molecular weight excluding hydrogens is 584 g/mol. The minimum Gasteiger partial charge on any atom is -0.481 e. The molecule has 0 saturated carbocycles. The van der Waals surface area contributed by atoms with Gasteiger partial charge in [0.25, 0.3) is 0 Å². The number of hydrogen-bond acceptors (Lipinski definition) is 12. The number of ether oxygens (including phenoxy) is 1. The number of aliphatic hydroxyl groups is 3. The van der Waals surface area contributed by atoms with E-state index in [0.29, 0.717) is 18.6 Å². The highest BCUT2D eigenvalue weighted by Gasteiger charge is 2.55. The van der Waals surface area contributed by atoms with Crippen molar-refractivity contribution in [2.24, 2.45) is 5.92 Å². The number of piperidine rings is 1. The molecule has 0 aromatic rings. The van der Waals surface area contributed by atoms with Gasteiger partial charge in [0.05, 0.1) is 18.4 Å². The van der Waals surface area contributed by atoms with Gasteiger partial charge in [0, 0.05) is 38.3 Å². The number of aliphatic carboxylic acids is 1. The second kappa shape index (κ2) is 16.7. The monoisotopic (exact) mass is 624 g/mol. The first-order chi connectivity index (χ1) is 19.7. The molecule has 2 aliphatic rings. The number of amides is 4. The van der Waals surface area contributed by atoms with Crippen LogP contribution in [0.25, 0.3) is 0 Å². The third kappa shape index (κ3) is 10.6. The standard InChI is InChI=1S/C24H38N4O11S2/c1-12(24(38)39-11-14-18(33)19(34)20(35)21-27-22(36)23(37)28(14)21)7-10-40-41-13(2)3-4-15(29)25-8-9-26-16(30)5-6-17(31)32/h12-14,18-21,33-35H,3-11H2,1-2H3,(H,25,29)(H,26,30)(H,27,36)(H,31,32)/t12?,13?,14-,18-,19+,20+,21+/m1/s1/i5T/t5?,12?,13?,14-,18-,19+,20+,21+. The average molecular weight is 625 g/mol. The first kappa shape index (κ1) is 32.9. The molecule has 17 heteroatoms. The van der Waals surface area contributed by atoms with Crippen molar-refractivity contribution in [1.82, 2.24) is 20.9 Å². The molecule has 4 amide bonds. The largest absolute Gasteiger partial charge is 0.481 e. The summed E-state index contributed by atoms with van der Waals surface area (Å²) in [6.07, 6.45) is -6.80. The number of nitrogens with one attached hydrogen (secondary N) is 3. The third-order valence-electron chi connectivity index (χ3n) is 6.43. The predicted molar refractivity (Wildman–Crippen MR) is 147 cm³/mol. The van der Waals surface area contributed by atoms with E-state index in [2.05, 4.69) is 16.0 Å². The summed E-state index contributed by atoms with van der Waals surface area (Å²) < 4.78 is 12.7. The van der Waals surface area contributed by atoms with Crippen LogP contribution in [0.3, 0.4) is 0 Å². The van der Waals surface area contributed by atoms with Gasteiger partial charge in [0.1, 0.15) is 31.1 Å². The van der Waals surface area contributed by atoms with E-state index in [1.54, 1.807) is 17.7 Å². The van der Waals surface area contributed by atoms with Crippen molar-refractivity contribution in [3.8, 4) is 0 Å². The van der Waals surface area contributed by atoms with Crippen LogP contribution < -0.4 is 16.0 Å². The maximum atomic E-state index is 12.5. The first-order valence-corrected chi connectivity index (χ1v) is 15.4. The summed E-state index contributed by atoms with van der Waals surface area (Å²) in [6, 6.07) is -1.21. The Bertz CT molecular complexity index is 1010. The number of hydrogen-bond donors (Lipinski definition) is 7. The quantitative estimate of drug-likeness (QED) is 0.0400. The van der Waals surface area contributed by atoms with Crippen LogP contribution in [0, 0.1) is 5.92 Å². The lowest BCUT2D eigenvalue weighted by Gasteiger charge is -2.44. The van der Waals surface area contributed by atoms with Crippen molar-refractivity contribution in [2.75, 3.05) is 25.4 Å². The van der Waals surface area contributed by atoms with E-state index in [-0.39, 0.29) is 30.7 Å². The van der Waals surface area contributed by atoms with Gasteiger partial charge in [-0.25, -0.2) is 0 Å². The number of esters is 1. The third-order valence-corrected chi connectivity index (χ3v) is 9.43. The lowest BCUT2D eigenvalue weighted by atomic mass is 9.92. The van der Waals surface area contributed by atoms with E-state index in [4.69, 9.17) is 11.2 Å². The molecule has 2 rings (SSSR count). The zero-order chi connectivity index (χ0) is 31.6. The Hall–Kier alpha value is -2.60. The molecule has 2 heterocycles. The lowest BCUT2D eigenvalue weighted by molar-refractivity contribution is -0.182. The SMILES string of the molecule is [3H]C(CC(=O)O)C(=O)NCCNC(=O)CCC(C)SSCCC(C)C(=O)OC[C@@H]1[C@@H](O)[C@H](O)[C@H](O)[C@H]2NC(=O)C(=O)N12. The van der Waals surface area contributed by atoms with E-state index in [1.807, 2.05) is 6.92 Å². The highest BCUT2D eigenvalue weighted by atomic mass is 33.1. The van der Waals surface area contributed by atoms with Crippen molar-refractivity contribution in [3.63, 3.8) is 0 Å². The van der Waals surface area contributed by atoms with Gasteiger partial charge in [-0.3, -0.25) is 28.8 Å². The minimum absolute atomic E-state index is 0.0838. The average Bonchev–Trinajstić information content (AvgIpc) is 3.23. The van der Waals surface area contributed by atoms with Crippen LogP contribution >= 0.6 is 21.6 Å². The van der Waals surface area contributed by atoms with Crippen LogP contribution in [0.2, 0.25) is 0 Å². The number of carboxylic acid groups (broad SMARTS) is 1. The van der Waals surface area contributed by atoms with Gasteiger partial charge in [-0.05, 0) is 12.8 Å². The summed E-state index contributed by atoms with van der Waals surface area (Å²) in [4.78, 5) is 71.4. The lowest BCUT2D eigenvalue weighted by Crippen LogP contribution is -2.68. The normalized spacial score (nSPS) is 26.2.